The first-order valence-electron chi connectivity index (χ1n) is 6.77. The second-order valence-corrected chi connectivity index (χ2v) is 6.17. The van der Waals surface area contributed by atoms with Crippen molar-refractivity contribution in [3.05, 3.63) is 41.9 Å². The van der Waals surface area contributed by atoms with Crippen LogP contribution in [0.1, 0.15) is 32.0 Å². The summed E-state index contributed by atoms with van der Waals surface area (Å²) in [4.78, 5) is 4.34. The van der Waals surface area contributed by atoms with Gasteiger partial charge in [0.1, 0.15) is 5.69 Å². The molecule has 3 heterocycles. The monoisotopic (exact) mass is 308 g/mol. The Bertz CT molecular complexity index is 821. The minimum absolute atomic E-state index is 0.115. The van der Waals surface area contributed by atoms with E-state index >= 15 is 0 Å². The van der Waals surface area contributed by atoms with Gasteiger partial charge in [0.15, 0.2) is 11.5 Å². The zero-order valence-corrected chi connectivity index (χ0v) is 12.4. The average molecular weight is 308 g/mol. The molecule has 3 rings (SSSR count). The summed E-state index contributed by atoms with van der Waals surface area (Å²) in [5.74, 6) is 0.399. The lowest BCUT2D eigenvalue weighted by Crippen LogP contribution is -2.14. The lowest BCUT2D eigenvalue weighted by Gasteiger charge is -2.20. The second-order valence-electron chi connectivity index (χ2n) is 6.17. The van der Waals surface area contributed by atoms with Gasteiger partial charge in [-0.15, -0.1) is 0 Å². The summed E-state index contributed by atoms with van der Waals surface area (Å²) in [5.41, 5.74) is 1.10. The largest absolute Gasteiger partial charge is 0.435 e. The van der Waals surface area contributed by atoms with E-state index in [-0.39, 0.29) is 11.1 Å². The lowest BCUT2D eigenvalue weighted by atomic mass is 9.88. The van der Waals surface area contributed by atoms with Crippen LogP contribution in [0.4, 0.5) is 13.2 Å². The van der Waals surface area contributed by atoms with Crippen molar-refractivity contribution < 1.29 is 13.2 Å². The number of fused-ring (bicyclic) bond motifs is 1. The van der Waals surface area contributed by atoms with Crippen LogP contribution in [0.5, 0.6) is 0 Å². The molecule has 0 amide bonds. The van der Waals surface area contributed by atoms with E-state index < -0.39 is 11.9 Å². The van der Waals surface area contributed by atoms with Crippen LogP contribution < -0.4 is 0 Å². The smallest absolute Gasteiger partial charge is 0.300 e. The first-order valence-corrected chi connectivity index (χ1v) is 6.77. The van der Waals surface area contributed by atoms with E-state index in [4.69, 9.17) is 0 Å². The fraction of sp³-hybridized carbons (Fsp3) is 0.333. The molecule has 1 N–H and O–H groups in total. The number of hydrogen-bond donors (Lipinski definition) is 1. The summed E-state index contributed by atoms with van der Waals surface area (Å²) >= 11 is 0. The van der Waals surface area contributed by atoms with Gasteiger partial charge in [0.05, 0.1) is 5.52 Å². The van der Waals surface area contributed by atoms with Gasteiger partial charge in [0, 0.05) is 12.4 Å². The number of alkyl halides is 3. The van der Waals surface area contributed by atoms with E-state index in [9.17, 15) is 13.2 Å². The lowest BCUT2D eigenvalue weighted by molar-refractivity contribution is -0.141. The van der Waals surface area contributed by atoms with Gasteiger partial charge in [-0.2, -0.15) is 18.3 Å². The molecule has 0 radical (unpaired) electrons. The van der Waals surface area contributed by atoms with Gasteiger partial charge in [-0.05, 0) is 29.2 Å². The zero-order chi connectivity index (χ0) is 16.1. The van der Waals surface area contributed by atoms with Gasteiger partial charge in [-0.3, -0.25) is 9.50 Å². The van der Waals surface area contributed by atoms with Crippen molar-refractivity contribution in [3.63, 3.8) is 0 Å². The number of hydrogen-bond acceptors (Lipinski definition) is 2. The molecule has 7 heteroatoms. The van der Waals surface area contributed by atoms with E-state index in [0.717, 1.165) is 17.1 Å². The standard InChI is InChI=1S/C15H15F3N4/c1-14(2,3)9-8-19-13(22-6-4-5-11(9)22)10-7-12(21-20-10)15(16,17)18/h4-8H,1-3H3,(H,20,21). The van der Waals surface area contributed by atoms with E-state index in [0.29, 0.717) is 5.82 Å². The summed E-state index contributed by atoms with van der Waals surface area (Å²) in [6.45, 7) is 6.19. The number of nitrogens with one attached hydrogen (secondary N) is 1. The van der Waals surface area contributed by atoms with Crippen LogP contribution in [0.15, 0.2) is 30.6 Å². The van der Waals surface area contributed by atoms with Crippen LogP contribution in [-0.4, -0.2) is 19.6 Å². The first kappa shape index (κ1) is 14.6. The van der Waals surface area contributed by atoms with Crippen molar-refractivity contribution in [2.24, 2.45) is 0 Å². The highest BCUT2D eigenvalue weighted by molar-refractivity contribution is 5.64. The third-order valence-electron chi connectivity index (χ3n) is 3.49. The maximum Gasteiger partial charge on any atom is 0.435 e. The Kier molecular flexibility index (Phi) is 3.05. The molecule has 0 aromatic carbocycles. The van der Waals surface area contributed by atoms with Crippen molar-refractivity contribution in [2.45, 2.75) is 32.4 Å². The normalized spacial score (nSPS) is 13.0. The third kappa shape index (κ3) is 2.36. The Labute approximate surface area is 125 Å². The highest BCUT2D eigenvalue weighted by Crippen LogP contribution is 2.32. The van der Waals surface area contributed by atoms with Crippen molar-refractivity contribution in [1.29, 1.82) is 0 Å². The number of nitrogens with zero attached hydrogens (tertiary/aromatic N) is 3. The number of halogens is 3. The van der Waals surface area contributed by atoms with Gasteiger partial charge in [0.25, 0.3) is 0 Å². The van der Waals surface area contributed by atoms with E-state index in [2.05, 4.69) is 36.0 Å². The molecular formula is C15H15F3N4. The summed E-state index contributed by atoms with van der Waals surface area (Å²) < 4.78 is 39.8. The number of aromatic amines is 1. The molecule has 0 atom stereocenters. The Morgan fingerprint density at radius 1 is 1.18 bits per heavy atom. The van der Waals surface area contributed by atoms with Crippen LogP contribution in [0, 0.1) is 0 Å². The summed E-state index contributed by atoms with van der Waals surface area (Å²) in [6, 6.07) is 4.74. The maximum absolute atomic E-state index is 12.7. The zero-order valence-electron chi connectivity index (χ0n) is 12.4. The van der Waals surface area contributed by atoms with Crippen LogP contribution >= 0.6 is 0 Å². The second kappa shape index (κ2) is 4.59. The molecule has 3 aromatic rings. The Morgan fingerprint density at radius 3 is 2.50 bits per heavy atom. The topological polar surface area (TPSA) is 46.0 Å². The molecule has 0 saturated heterocycles. The van der Waals surface area contributed by atoms with Crippen molar-refractivity contribution in [1.82, 2.24) is 19.6 Å². The molecule has 0 aliphatic heterocycles. The molecule has 0 saturated carbocycles. The Hall–Kier alpha value is -2.31. The SMILES string of the molecule is CC(C)(C)c1cnc(-c2cc(C(F)(F)F)n[nH]2)n2cccc12. The minimum atomic E-state index is -4.48. The van der Waals surface area contributed by atoms with Crippen LogP contribution in [-0.2, 0) is 11.6 Å². The highest BCUT2D eigenvalue weighted by atomic mass is 19.4. The fourth-order valence-corrected chi connectivity index (χ4v) is 2.40. The Morgan fingerprint density at radius 2 is 1.91 bits per heavy atom. The number of rotatable bonds is 1. The Balaban J connectivity index is 2.17. The van der Waals surface area contributed by atoms with Gasteiger partial charge in [0.2, 0.25) is 0 Å². The third-order valence-corrected chi connectivity index (χ3v) is 3.49. The first-order chi connectivity index (χ1) is 10.2. The van der Waals surface area contributed by atoms with E-state index in [1.165, 1.54) is 0 Å². The van der Waals surface area contributed by atoms with Gasteiger partial charge in [-0.1, -0.05) is 20.8 Å². The molecule has 0 fully saturated rings. The van der Waals surface area contributed by atoms with Gasteiger partial charge >= 0.3 is 6.18 Å². The summed E-state index contributed by atoms with van der Waals surface area (Å²) in [7, 11) is 0. The average Bonchev–Trinajstić information content (AvgIpc) is 3.04. The molecule has 0 aliphatic carbocycles. The van der Waals surface area contributed by atoms with Crippen molar-refractivity contribution in [3.8, 4) is 11.5 Å². The van der Waals surface area contributed by atoms with Crippen LogP contribution in [0.25, 0.3) is 17.0 Å². The highest BCUT2D eigenvalue weighted by Gasteiger charge is 2.34. The van der Waals surface area contributed by atoms with Crippen LogP contribution in [0.2, 0.25) is 0 Å². The maximum atomic E-state index is 12.7. The molecular weight excluding hydrogens is 293 g/mol. The van der Waals surface area contributed by atoms with Crippen molar-refractivity contribution in [2.75, 3.05) is 0 Å². The molecule has 0 aliphatic rings. The van der Waals surface area contributed by atoms with Gasteiger partial charge in [-0.25, -0.2) is 4.98 Å². The number of aromatic nitrogens is 4. The molecule has 0 bridgehead atoms. The van der Waals surface area contributed by atoms with E-state index in [1.54, 1.807) is 16.8 Å². The van der Waals surface area contributed by atoms with E-state index in [1.807, 2.05) is 12.1 Å². The molecule has 0 spiro atoms. The fourth-order valence-electron chi connectivity index (χ4n) is 2.40. The molecule has 4 nitrogen and oxygen atoms in total. The predicted molar refractivity (Wildman–Crippen MR) is 76.5 cm³/mol. The molecule has 22 heavy (non-hydrogen) atoms. The predicted octanol–water partition coefficient (Wildman–Crippen LogP) is 4.04. The summed E-state index contributed by atoms with van der Waals surface area (Å²) in [6.07, 6.45) is -0.990. The number of H-pyrrole nitrogens is 1. The van der Waals surface area contributed by atoms with Crippen LogP contribution in [0.3, 0.4) is 0 Å². The summed E-state index contributed by atoms with van der Waals surface area (Å²) in [5, 5.41) is 5.74. The molecule has 3 aromatic heterocycles. The quantitative estimate of drug-likeness (QED) is 0.737. The van der Waals surface area contributed by atoms with Gasteiger partial charge < -0.3 is 0 Å². The molecule has 116 valence electrons. The minimum Gasteiger partial charge on any atom is -0.300 e. The van der Waals surface area contributed by atoms with Crippen molar-refractivity contribution >= 4 is 5.52 Å². The molecule has 0 unspecified atom stereocenters.